The van der Waals surface area contributed by atoms with Crippen LogP contribution in [-0.4, -0.2) is 29.9 Å². The predicted molar refractivity (Wildman–Crippen MR) is 117 cm³/mol. The average molecular weight is 397 g/mol. The number of rotatable bonds is 6. The van der Waals surface area contributed by atoms with Crippen LogP contribution in [-0.2, 0) is 4.79 Å². The fraction of sp³-hybridized carbons (Fsp3) is 0.286. The maximum Gasteiger partial charge on any atom is 0.227 e. The summed E-state index contributed by atoms with van der Waals surface area (Å²) >= 11 is 5.29. The number of carbonyl (C=O) groups excluding carboxylic acids is 1. The fourth-order valence-electron chi connectivity index (χ4n) is 2.96. The van der Waals surface area contributed by atoms with Crippen LogP contribution in [0.1, 0.15) is 32.3 Å². The van der Waals surface area contributed by atoms with Gasteiger partial charge in [-0.3, -0.25) is 10.2 Å². The molecule has 1 fully saturated rings. The SMILES string of the molecule is CCOc1ccc(NC(=S)N/N=C(/C)c2ccc(N3CCCC3=O)cc2)cc1. The fourth-order valence-corrected chi connectivity index (χ4v) is 3.13. The minimum Gasteiger partial charge on any atom is -0.494 e. The van der Waals surface area contributed by atoms with Gasteiger partial charge in [0.2, 0.25) is 5.91 Å². The number of hydrogen-bond acceptors (Lipinski definition) is 4. The lowest BCUT2D eigenvalue weighted by Gasteiger charge is -2.16. The van der Waals surface area contributed by atoms with Crippen LogP contribution >= 0.6 is 12.2 Å². The van der Waals surface area contributed by atoms with Crippen LogP contribution in [0.5, 0.6) is 5.75 Å². The van der Waals surface area contributed by atoms with Crippen LogP contribution < -0.4 is 20.4 Å². The van der Waals surface area contributed by atoms with Crippen molar-refractivity contribution in [2.45, 2.75) is 26.7 Å². The second-order valence-corrected chi connectivity index (χ2v) is 6.82. The van der Waals surface area contributed by atoms with Crippen molar-refractivity contribution >= 4 is 40.3 Å². The highest BCUT2D eigenvalue weighted by Crippen LogP contribution is 2.21. The number of anilines is 2. The van der Waals surface area contributed by atoms with Crippen molar-refractivity contribution in [2.24, 2.45) is 5.10 Å². The largest absolute Gasteiger partial charge is 0.494 e. The summed E-state index contributed by atoms with van der Waals surface area (Å²) in [5, 5.41) is 7.83. The molecule has 1 amide bonds. The van der Waals surface area contributed by atoms with E-state index in [9.17, 15) is 4.79 Å². The zero-order valence-electron chi connectivity index (χ0n) is 16.1. The summed E-state index contributed by atoms with van der Waals surface area (Å²) in [6.45, 7) is 5.28. The van der Waals surface area contributed by atoms with Crippen LogP contribution in [0.25, 0.3) is 0 Å². The lowest BCUT2D eigenvalue weighted by Crippen LogP contribution is -2.25. The topological polar surface area (TPSA) is 66.0 Å². The van der Waals surface area contributed by atoms with E-state index >= 15 is 0 Å². The van der Waals surface area contributed by atoms with Crippen molar-refractivity contribution in [3.63, 3.8) is 0 Å². The minimum atomic E-state index is 0.186. The van der Waals surface area contributed by atoms with Crippen LogP contribution in [0.2, 0.25) is 0 Å². The van der Waals surface area contributed by atoms with Crippen molar-refractivity contribution in [1.82, 2.24) is 5.43 Å². The second kappa shape index (κ2) is 9.32. The van der Waals surface area contributed by atoms with Crippen molar-refractivity contribution in [3.8, 4) is 5.75 Å². The number of benzene rings is 2. The van der Waals surface area contributed by atoms with Gasteiger partial charge in [-0.05, 0) is 74.4 Å². The number of ether oxygens (including phenoxy) is 1. The summed E-state index contributed by atoms with van der Waals surface area (Å²) in [5.41, 5.74) is 6.41. The Kier molecular flexibility index (Phi) is 6.60. The molecule has 1 aliphatic heterocycles. The Hall–Kier alpha value is -2.93. The van der Waals surface area contributed by atoms with Gasteiger partial charge in [0.1, 0.15) is 5.75 Å². The minimum absolute atomic E-state index is 0.186. The Morgan fingerprint density at radius 1 is 1.18 bits per heavy atom. The van der Waals surface area contributed by atoms with E-state index in [1.54, 1.807) is 0 Å². The Labute approximate surface area is 170 Å². The lowest BCUT2D eigenvalue weighted by atomic mass is 10.1. The molecule has 0 spiro atoms. The highest BCUT2D eigenvalue weighted by atomic mass is 32.1. The predicted octanol–water partition coefficient (Wildman–Crippen LogP) is 3.92. The zero-order valence-corrected chi connectivity index (χ0v) is 16.9. The molecule has 2 aromatic carbocycles. The molecule has 1 saturated heterocycles. The van der Waals surface area contributed by atoms with Crippen LogP contribution in [0.3, 0.4) is 0 Å². The molecule has 0 bridgehead atoms. The molecule has 0 unspecified atom stereocenters. The normalized spacial score (nSPS) is 14.1. The summed E-state index contributed by atoms with van der Waals surface area (Å²) in [5.74, 6) is 1.00. The van der Waals surface area contributed by atoms with E-state index in [0.29, 0.717) is 18.1 Å². The number of amides is 1. The first kappa shape index (κ1) is 19.8. The smallest absolute Gasteiger partial charge is 0.227 e. The van der Waals surface area contributed by atoms with Gasteiger partial charge < -0.3 is 15.0 Å². The Morgan fingerprint density at radius 2 is 1.89 bits per heavy atom. The van der Waals surface area contributed by atoms with E-state index in [1.165, 1.54) is 0 Å². The van der Waals surface area contributed by atoms with Gasteiger partial charge in [-0.25, -0.2) is 0 Å². The molecule has 7 heteroatoms. The number of hydrazone groups is 1. The highest BCUT2D eigenvalue weighted by Gasteiger charge is 2.21. The van der Waals surface area contributed by atoms with E-state index in [4.69, 9.17) is 17.0 Å². The van der Waals surface area contributed by atoms with Gasteiger partial charge in [-0.2, -0.15) is 5.10 Å². The van der Waals surface area contributed by atoms with Gasteiger partial charge in [-0.15, -0.1) is 0 Å². The van der Waals surface area contributed by atoms with E-state index in [2.05, 4.69) is 15.8 Å². The molecule has 0 atom stereocenters. The monoisotopic (exact) mass is 396 g/mol. The van der Waals surface area contributed by atoms with E-state index in [0.717, 1.165) is 41.4 Å². The quantitative estimate of drug-likeness (QED) is 0.440. The summed E-state index contributed by atoms with van der Waals surface area (Å²) in [7, 11) is 0. The molecule has 3 rings (SSSR count). The molecule has 0 radical (unpaired) electrons. The molecular weight excluding hydrogens is 372 g/mol. The first-order chi connectivity index (χ1) is 13.6. The van der Waals surface area contributed by atoms with Gasteiger partial charge >= 0.3 is 0 Å². The van der Waals surface area contributed by atoms with E-state index < -0.39 is 0 Å². The molecule has 146 valence electrons. The van der Waals surface area contributed by atoms with Crippen molar-refractivity contribution in [3.05, 3.63) is 54.1 Å². The lowest BCUT2D eigenvalue weighted by molar-refractivity contribution is -0.117. The first-order valence-corrected chi connectivity index (χ1v) is 9.72. The number of carbonyl (C=O) groups is 1. The van der Waals surface area contributed by atoms with Gasteiger partial charge in [0.15, 0.2) is 5.11 Å². The Morgan fingerprint density at radius 3 is 2.50 bits per heavy atom. The highest BCUT2D eigenvalue weighted by molar-refractivity contribution is 7.80. The van der Waals surface area contributed by atoms with Crippen LogP contribution in [0.15, 0.2) is 53.6 Å². The van der Waals surface area contributed by atoms with Gasteiger partial charge in [-0.1, -0.05) is 12.1 Å². The number of nitrogens with zero attached hydrogens (tertiary/aromatic N) is 2. The Balaban J connectivity index is 1.55. The van der Waals surface area contributed by atoms with E-state index in [1.807, 2.05) is 67.3 Å². The summed E-state index contributed by atoms with van der Waals surface area (Å²) in [6, 6.07) is 15.4. The molecule has 0 saturated carbocycles. The molecule has 1 heterocycles. The molecule has 1 aliphatic rings. The molecule has 28 heavy (non-hydrogen) atoms. The van der Waals surface area contributed by atoms with Crippen LogP contribution in [0, 0.1) is 0 Å². The zero-order chi connectivity index (χ0) is 19.9. The molecule has 6 nitrogen and oxygen atoms in total. The number of nitrogens with one attached hydrogen (secondary N) is 2. The average Bonchev–Trinajstić information content (AvgIpc) is 3.14. The molecule has 0 aromatic heterocycles. The number of thiocarbonyl (C=S) groups is 1. The molecular formula is C21H24N4O2S. The van der Waals surface area contributed by atoms with E-state index in [-0.39, 0.29) is 5.91 Å². The van der Waals surface area contributed by atoms with Crippen LogP contribution in [0.4, 0.5) is 11.4 Å². The summed E-state index contributed by atoms with van der Waals surface area (Å²) in [6.07, 6.45) is 1.55. The second-order valence-electron chi connectivity index (χ2n) is 6.42. The summed E-state index contributed by atoms with van der Waals surface area (Å²) < 4.78 is 5.42. The Bertz CT molecular complexity index is 863. The van der Waals surface area contributed by atoms with Gasteiger partial charge in [0.25, 0.3) is 0 Å². The number of hydrogen-bond donors (Lipinski definition) is 2. The third-order valence-corrected chi connectivity index (χ3v) is 4.61. The van der Waals surface area contributed by atoms with Crippen molar-refractivity contribution in [1.29, 1.82) is 0 Å². The third-order valence-electron chi connectivity index (χ3n) is 4.42. The van der Waals surface area contributed by atoms with Crippen molar-refractivity contribution in [2.75, 3.05) is 23.4 Å². The van der Waals surface area contributed by atoms with Crippen molar-refractivity contribution < 1.29 is 9.53 Å². The summed E-state index contributed by atoms with van der Waals surface area (Å²) in [4.78, 5) is 13.7. The standard InChI is InChI=1S/C21H24N4O2S/c1-3-27-19-12-8-17(9-13-19)22-21(28)24-23-15(2)16-6-10-18(11-7-16)25-14-4-5-20(25)26/h6-13H,3-5,14H2,1-2H3,(H2,22,24,28)/b23-15-. The first-order valence-electron chi connectivity index (χ1n) is 9.32. The molecule has 2 N–H and O–H groups in total. The third kappa shape index (κ3) is 5.07. The molecule has 2 aromatic rings. The van der Waals surface area contributed by atoms with Gasteiger partial charge in [0.05, 0.1) is 12.3 Å². The maximum absolute atomic E-state index is 11.8. The maximum atomic E-state index is 11.8. The van der Waals surface area contributed by atoms with Gasteiger partial charge in [0, 0.05) is 24.3 Å². The molecule has 0 aliphatic carbocycles.